The zero-order valence-electron chi connectivity index (χ0n) is 18.3. The number of carbonyl (C=O) groups is 1. The number of fused-ring (bicyclic) bond motifs is 1. The molecule has 6 heteroatoms. The third-order valence-electron chi connectivity index (χ3n) is 5.65. The summed E-state index contributed by atoms with van der Waals surface area (Å²) >= 11 is 5.96. The van der Waals surface area contributed by atoms with Crippen molar-refractivity contribution < 1.29 is 13.6 Å². The number of aromatic nitrogens is 1. The smallest absolute Gasteiger partial charge is 0.227 e. The minimum Gasteiger partial charge on any atom is -0.436 e. The monoisotopic (exact) mass is 441 g/mol. The molecule has 0 saturated heterocycles. The quantitative estimate of drug-likeness (QED) is 0.301. The normalized spacial score (nSPS) is 13.8. The number of oxazole rings is 1. The number of nitrogens with zero attached hydrogens (tertiary/aromatic N) is 1. The Morgan fingerprint density at radius 2 is 1.83 bits per heavy atom. The second-order valence-electron chi connectivity index (χ2n) is 8.98. The maximum Gasteiger partial charge on any atom is 0.227 e. The van der Waals surface area contributed by atoms with Crippen molar-refractivity contribution in [2.45, 2.75) is 51.9 Å². The molecule has 0 saturated carbocycles. The highest BCUT2D eigenvalue weighted by molar-refractivity contribution is 6.74. The Bertz CT molecular complexity index is 1080. The van der Waals surface area contributed by atoms with E-state index in [0.717, 1.165) is 11.1 Å². The Labute approximate surface area is 184 Å². The van der Waals surface area contributed by atoms with Crippen LogP contribution in [0, 0.1) is 0 Å². The Kier molecular flexibility index (Phi) is 6.36. The van der Waals surface area contributed by atoms with E-state index in [9.17, 15) is 4.79 Å². The van der Waals surface area contributed by atoms with Gasteiger partial charge in [-0.15, -0.1) is 0 Å². The molecular formula is C24H28ClNO3Si. The molecule has 0 radical (unpaired) electrons. The van der Waals surface area contributed by atoms with Crippen molar-refractivity contribution in [3.05, 3.63) is 59.1 Å². The third-order valence-corrected chi connectivity index (χ3v) is 10.5. The van der Waals surface area contributed by atoms with E-state index in [1.807, 2.05) is 37.3 Å². The lowest BCUT2D eigenvalue weighted by Crippen LogP contribution is -2.44. The van der Waals surface area contributed by atoms with Gasteiger partial charge in [0, 0.05) is 16.1 Å². The highest BCUT2D eigenvalue weighted by Crippen LogP contribution is 2.37. The van der Waals surface area contributed by atoms with Gasteiger partial charge in [-0.05, 0) is 67.5 Å². The molecule has 4 nitrogen and oxygen atoms in total. The van der Waals surface area contributed by atoms with Crippen LogP contribution in [-0.4, -0.2) is 25.2 Å². The van der Waals surface area contributed by atoms with Gasteiger partial charge in [0.05, 0.1) is 0 Å². The number of hydrogen-bond donors (Lipinski definition) is 0. The minimum absolute atomic E-state index is 0.0512. The van der Waals surface area contributed by atoms with Gasteiger partial charge in [0.1, 0.15) is 11.6 Å². The first-order valence-corrected chi connectivity index (χ1v) is 13.3. The summed E-state index contributed by atoms with van der Waals surface area (Å²) in [7, 11) is -2.01. The van der Waals surface area contributed by atoms with Crippen molar-refractivity contribution in [3.8, 4) is 11.5 Å². The molecular weight excluding hydrogens is 414 g/mol. The summed E-state index contributed by atoms with van der Waals surface area (Å²) in [6.45, 7) is 12.6. The van der Waals surface area contributed by atoms with Gasteiger partial charge in [-0.3, -0.25) is 4.79 Å². The third kappa shape index (κ3) is 4.91. The Morgan fingerprint density at radius 1 is 1.17 bits per heavy atom. The lowest BCUT2D eigenvalue weighted by molar-refractivity contribution is -0.120. The van der Waals surface area contributed by atoms with Crippen LogP contribution in [0.5, 0.6) is 0 Å². The summed E-state index contributed by atoms with van der Waals surface area (Å²) in [5.74, 6) is 0.460. The van der Waals surface area contributed by atoms with E-state index in [2.05, 4.69) is 38.8 Å². The summed E-state index contributed by atoms with van der Waals surface area (Å²) in [4.78, 5) is 17.3. The lowest BCUT2D eigenvalue weighted by Gasteiger charge is -2.37. The predicted octanol–water partition coefficient (Wildman–Crippen LogP) is 7.14. The maximum atomic E-state index is 12.7. The highest BCUT2D eigenvalue weighted by Gasteiger charge is 2.39. The fourth-order valence-corrected chi connectivity index (χ4v) is 4.28. The standard InChI is InChI=1S/C24H28ClNO3Si/c1-16(29-30(5,6)24(2,3)4)20(27)15-12-17-8-7-9-21-22(17)26-23(28-21)18-10-13-19(25)14-11-18/h7-16H,1-6H3. The molecule has 0 fully saturated rings. The molecule has 158 valence electrons. The maximum absolute atomic E-state index is 12.7. The summed E-state index contributed by atoms with van der Waals surface area (Å²) in [6.07, 6.45) is 2.87. The van der Waals surface area contributed by atoms with Crippen LogP contribution in [0.25, 0.3) is 28.6 Å². The molecule has 30 heavy (non-hydrogen) atoms. The Hall–Kier alpha value is -2.21. The molecule has 0 spiro atoms. The van der Waals surface area contributed by atoms with Crippen molar-refractivity contribution in [1.82, 2.24) is 4.98 Å². The molecule has 0 N–H and O–H groups in total. The summed E-state index contributed by atoms with van der Waals surface area (Å²) in [5.41, 5.74) is 3.05. The molecule has 1 atom stereocenters. The molecule has 1 unspecified atom stereocenters. The van der Waals surface area contributed by atoms with Crippen LogP contribution in [0.1, 0.15) is 33.3 Å². The first kappa shape index (κ1) is 22.5. The number of carbonyl (C=O) groups excluding carboxylic acids is 1. The van der Waals surface area contributed by atoms with Gasteiger partial charge in [0.2, 0.25) is 5.89 Å². The van der Waals surface area contributed by atoms with Gasteiger partial charge < -0.3 is 8.84 Å². The van der Waals surface area contributed by atoms with Gasteiger partial charge in [-0.25, -0.2) is 4.98 Å². The van der Waals surface area contributed by atoms with Gasteiger partial charge in [-0.1, -0.05) is 44.5 Å². The van der Waals surface area contributed by atoms with Crippen molar-refractivity contribution >= 4 is 42.9 Å². The van der Waals surface area contributed by atoms with Gasteiger partial charge >= 0.3 is 0 Å². The number of para-hydroxylation sites is 1. The van der Waals surface area contributed by atoms with Crippen LogP contribution in [0.4, 0.5) is 0 Å². The lowest BCUT2D eigenvalue weighted by atomic mass is 10.1. The van der Waals surface area contributed by atoms with Crippen LogP contribution in [0.15, 0.2) is 53.0 Å². The van der Waals surface area contributed by atoms with E-state index in [4.69, 9.17) is 20.4 Å². The van der Waals surface area contributed by atoms with E-state index in [-0.39, 0.29) is 10.8 Å². The first-order chi connectivity index (χ1) is 14.0. The summed E-state index contributed by atoms with van der Waals surface area (Å²) < 4.78 is 12.1. The first-order valence-electron chi connectivity index (χ1n) is 10.0. The summed E-state index contributed by atoms with van der Waals surface area (Å²) in [5, 5.41) is 0.710. The molecule has 0 amide bonds. The molecule has 0 bridgehead atoms. The number of halogens is 1. The zero-order valence-corrected chi connectivity index (χ0v) is 20.1. The van der Waals surface area contributed by atoms with Crippen LogP contribution in [0.3, 0.4) is 0 Å². The molecule has 2 aromatic carbocycles. The van der Waals surface area contributed by atoms with E-state index in [1.54, 1.807) is 24.3 Å². The van der Waals surface area contributed by atoms with Gasteiger partial charge in [0.15, 0.2) is 19.7 Å². The number of hydrogen-bond acceptors (Lipinski definition) is 4. The number of rotatable bonds is 6. The van der Waals surface area contributed by atoms with Crippen LogP contribution in [0.2, 0.25) is 23.2 Å². The fourth-order valence-electron chi connectivity index (χ4n) is 2.80. The van der Waals surface area contributed by atoms with Crippen LogP contribution < -0.4 is 0 Å². The van der Waals surface area contributed by atoms with Crippen molar-refractivity contribution in [2.24, 2.45) is 0 Å². The highest BCUT2D eigenvalue weighted by atomic mass is 35.5. The zero-order chi connectivity index (χ0) is 22.1. The van der Waals surface area contributed by atoms with Crippen molar-refractivity contribution in [1.29, 1.82) is 0 Å². The van der Waals surface area contributed by atoms with Crippen molar-refractivity contribution in [3.63, 3.8) is 0 Å². The van der Waals surface area contributed by atoms with Crippen molar-refractivity contribution in [2.75, 3.05) is 0 Å². The predicted molar refractivity (Wildman–Crippen MR) is 126 cm³/mol. The van der Waals surface area contributed by atoms with E-state index < -0.39 is 14.4 Å². The molecule has 0 aliphatic carbocycles. The number of benzene rings is 2. The van der Waals surface area contributed by atoms with Gasteiger partial charge in [-0.2, -0.15) is 0 Å². The Balaban J connectivity index is 1.82. The molecule has 3 rings (SSSR count). The molecule has 0 aliphatic rings. The fraction of sp³-hybridized carbons (Fsp3) is 0.333. The van der Waals surface area contributed by atoms with E-state index in [1.165, 1.54) is 0 Å². The minimum atomic E-state index is -2.01. The van der Waals surface area contributed by atoms with Gasteiger partial charge in [0.25, 0.3) is 0 Å². The Morgan fingerprint density at radius 3 is 2.47 bits per heavy atom. The topological polar surface area (TPSA) is 52.3 Å². The van der Waals surface area contributed by atoms with E-state index in [0.29, 0.717) is 22.0 Å². The molecule has 1 aromatic heterocycles. The number of ketones is 1. The second kappa shape index (κ2) is 8.50. The molecule has 1 heterocycles. The summed E-state index contributed by atoms with van der Waals surface area (Å²) in [6, 6.07) is 13.0. The van der Waals surface area contributed by atoms with Crippen LogP contribution >= 0.6 is 11.6 Å². The SMILES string of the molecule is CC(O[Si](C)(C)C(C)(C)C)C(=O)C=Cc1cccc2oc(-c3ccc(Cl)cc3)nc12. The molecule has 3 aromatic rings. The second-order valence-corrected chi connectivity index (χ2v) is 14.2. The molecule has 0 aliphatic heterocycles. The largest absolute Gasteiger partial charge is 0.436 e. The average molecular weight is 442 g/mol. The van der Waals surface area contributed by atoms with E-state index >= 15 is 0 Å². The van der Waals surface area contributed by atoms with Crippen LogP contribution in [-0.2, 0) is 9.22 Å². The average Bonchev–Trinajstić information content (AvgIpc) is 3.10.